The van der Waals surface area contributed by atoms with Crippen molar-refractivity contribution in [3.63, 3.8) is 0 Å². The Hall–Kier alpha value is -2.72. The van der Waals surface area contributed by atoms with Crippen LogP contribution in [0, 0.1) is 0 Å². The van der Waals surface area contributed by atoms with Gasteiger partial charge in [-0.25, -0.2) is 5.84 Å². The predicted octanol–water partition coefficient (Wildman–Crippen LogP) is 2.87. The number of aromatic amines is 1. The number of hydrogen-bond acceptors (Lipinski definition) is 5. The molecule has 1 atom stereocenters. The number of nitrogens with two attached hydrogens (primary N) is 2. The van der Waals surface area contributed by atoms with Crippen LogP contribution >= 0.6 is 11.6 Å². The first-order valence-electron chi connectivity index (χ1n) is 8.29. The van der Waals surface area contributed by atoms with Gasteiger partial charge in [0.05, 0.1) is 34.6 Å². The van der Waals surface area contributed by atoms with Crippen molar-refractivity contribution in [3.05, 3.63) is 58.0 Å². The summed E-state index contributed by atoms with van der Waals surface area (Å²) in [7, 11) is 0. The maximum atomic E-state index is 13.1. The fraction of sp³-hybridized carbons (Fsp3) is 0.294. The number of benzene rings is 1. The molecule has 0 bridgehead atoms. The van der Waals surface area contributed by atoms with Crippen LogP contribution in [0.5, 0.6) is 0 Å². The number of alkyl halides is 3. The molecule has 150 valence electrons. The molecule has 7 nitrogen and oxygen atoms in total. The Labute approximate surface area is 163 Å². The Morgan fingerprint density at radius 2 is 2.11 bits per heavy atom. The number of H-pyrrole nitrogens is 1. The zero-order valence-electron chi connectivity index (χ0n) is 14.8. The van der Waals surface area contributed by atoms with Gasteiger partial charge in [-0.2, -0.15) is 18.3 Å². The van der Waals surface area contributed by atoms with Gasteiger partial charge in [0.25, 0.3) is 5.91 Å². The van der Waals surface area contributed by atoms with E-state index in [1.54, 1.807) is 13.0 Å². The van der Waals surface area contributed by atoms with E-state index in [1.165, 1.54) is 22.2 Å². The SMILES string of the molecule is CC1CC(N(N)c2ccn[nH]2)=C(N)CN1C(=O)c1cccc(C(F)(F)F)c1Cl. The van der Waals surface area contributed by atoms with Gasteiger partial charge in [-0.05, 0) is 19.1 Å². The van der Waals surface area contributed by atoms with Crippen LogP contribution in [0.4, 0.5) is 19.0 Å². The molecule has 1 aromatic carbocycles. The topological polar surface area (TPSA) is 104 Å². The third-order valence-corrected chi connectivity index (χ3v) is 4.97. The van der Waals surface area contributed by atoms with Crippen LogP contribution < -0.4 is 16.6 Å². The molecule has 0 radical (unpaired) electrons. The molecule has 0 saturated heterocycles. The van der Waals surface area contributed by atoms with E-state index < -0.39 is 22.7 Å². The lowest BCUT2D eigenvalue weighted by Gasteiger charge is -2.37. The Morgan fingerprint density at radius 3 is 2.71 bits per heavy atom. The number of halogens is 4. The summed E-state index contributed by atoms with van der Waals surface area (Å²) >= 11 is 5.89. The van der Waals surface area contributed by atoms with Crippen LogP contribution in [-0.2, 0) is 6.18 Å². The van der Waals surface area contributed by atoms with E-state index in [2.05, 4.69) is 10.2 Å². The molecule has 0 aliphatic carbocycles. The molecule has 5 N–H and O–H groups in total. The minimum Gasteiger partial charge on any atom is -0.399 e. The van der Waals surface area contributed by atoms with Crippen molar-refractivity contribution in [2.75, 3.05) is 11.6 Å². The largest absolute Gasteiger partial charge is 0.417 e. The molecule has 1 unspecified atom stereocenters. The molecule has 0 saturated carbocycles. The van der Waals surface area contributed by atoms with Crippen molar-refractivity contribution in [2.24, 2.45) is 11.6 Å². The monoisotopic (exact) mass is 414 g/mol. The average molecular weight is 415 g/mol. The summed E-state index contributed by atoms with van der Waals surface area (Å²) in [6.07, 6.45) is -2.82. The minimum absolute atomic E-state index is 0.00372. The maximum absolute atomic E-state index is 13.1. The second-order valence-electron chi connectivity index (χ2n) is 6.43. The third kappa shape index (κ3) is 3.65. The molecule has 0 spiro atoms. The zero-order valence-corrected chi connectivity index (χ0v) is 15.6. The molecule has 2 heterocycles. The van der Waals surface area contributed by atoms with E-state index in [4.69, 9.17) is 23.2 Å². The highest BCUT2D eigenvalue weighted by Crippen LogP contribution is 2.37. The number of amides is 1. The number of nitrogens with one attached hydrogen (secondary N) is 1. The lowest BCUT2D eigenvalue weighted by molar-refractivity contribution is -0.137. The third-order valence-electron chi connectivity index (χ3n) is 4.56. The summed E-state index contributed by atoms with van der Waals surface area (Å²) in [6.45, 7) is 1.76. The molecule has 1 aliphatic rings. The number of hydrogen-bond donors (Lipinski definition) is 3. The van der Waals surface area contributed by atoms with Gasteiger partial charge < -0.3 is 10.6 Å². The van der Waals surface area contributed by atoms with E-state index in [1.807, 2.05) is 0 Å². The predicted molar refractivity (Wildman–Crippen MR) is 98.0 cm³/mol. The van der Waals surface area contributed by atoms with Gasteiger partial charge in [0, 0.05) is 24.2 Å². The van der Waals surface area contributed by atoms with E-state index in [0.29, 0.717) is 23.6 Å². The molecule has 0 fully saturated rings. The summed E-state index contributed by atoms with van der Waals surface area (Å²) in [4.78, 5) is 14.3. The van der Waals surface area contributed by atoms with Crippen molar-refractivity contribution in [1.82, 2.24) is 15.1 Å². The van der Waals surface area contributed by atoms with Crippen molar-refractivity contribution in [1.29, 1.82) is 0 Å². The molecular weight excluding hydrogens is 397 g/mol. The number of aromatic nitrogens is 2. The van der Waals surface area contributed by atoms with E-state index >= 15 is 0 Å². The Bertz CT molecular complexity index is 912. The quantitative estimate of drug-likeness (QED) is 0.529. The standard InChI is InChI=1S/C17H18ClF3N6O/c1-9-7-13(27(23)14-5-6-24-25-14)12(22)8-26(9)16(28)10-3-2-4-11(15(10)18)17(19,20)21/h2-6,9H,7-8,22-23H2,1H3,(H,24,25). The van der Waals surface area contributed by atoms with Crippen LogP contribution in [0.3, 0.4) is 0 Å². The zero-order chi connectivity index (χ0) is 20.6. The summed E-state index contributed by atoms with van der Waals surface area (Å²) in [5.74, 6) is 5.96. The number of hydrazine groups is 1. The van der Waals surface area contributed by atoms with Crippen molar-refractivity contribution in [3.8, 4) is 0 Å². The van der Waals surface area contributed by atoms with Crippen molar-refractivity contribution >= 4 is 23.3 Å². The van der Waals surface area contributed by atoms with Gasteiger partial charge in [0.1, 0.15) is 5.82 Å². The molecule has 11 heteroatoms. The first-order valence-corrected chi connectivity index (χ1v) is 8.67. The molecule has 3 rings (SSSR count). The number of rotatable bonds is 3. The minimum atomic E-state index is -4.66. The van der Waals surface area contributed by atoms with Crippen LogP contribution in [0.1, 0.15) is 29.3 Å². The summed E-state index contributed by atoms with van der Waals surface area (Å²) in [5.41, 5.74) is 5.75. The maximum Gasteiger partial charge on any atom is 0.417 e. The molecule has 1 amide bonds. The van der Waals surface area contributed by atoms with Crippen molar-refractivity contribution < 1.29 is 18.0 Å². The highest BCUT2D eigenvalue weighted by Gasteiger charge is 2.37. The Kier molecular flexibility index (Phi) is 5.26. The van der Waals surface area contributed by atoms with Crippen LogP contribution in [0.25, 0.3) is 0 Å². The Morgan fingerprint density at radius 1 is 1.39 bits per heavy atom. The fourth-order valence-electron chi connectivity index (χ4n) is 3.08. The smallest absolute Gasteiger partial charge is 0.399 e. The second-order valence-corrected chi connectivity index (χ2v) is 6.81. The van der Waals surface area contributed by atoms with Gasteiger partial charge in [0.15, 0.2) is 0 Å². The van der Waals surface area contributed by atoms with Gasteiger partial charge in [-0.1, -0.05) is 17.7 Å². The first kappa shape index (κ1) is 20.0. The van der Waals surface area contributed by atoms with E-state index in [0.717, 1.165) is 12.1 Å². The summed E-state index contributed by atoms with van der Waals surface area (Å²) in [5, 5.41) is 7.25. The lowest BCUT2D eigenvalue weighted by atomic mass is 10.0. The first-order chi connectivity index (χ1) is 13.1. The van der Waals surface area contributed by atoms with Gasteiger partial charge in [-0.15, -0.1) is 0 Å². The van der Waals surface area contributed by atoms with Crippen LogP contribution in [0.2, 0.25) is 5.02 Å². The van der Waals surface area contributed by atoms with E-state index in [9.17, 15) is 18.0 Å². The fourth-order valence-corrected chi connectivity index (χ4v) is 3.39. The molecule has 28 heavy (non-hydrogen) atoms. The number of carbonyl (C=O) groups excluding carboxylic acids is 1. The van der Waals surface area contributed by atoms with Crippen LogP contribution in [0.15, 0.2) is 41.9 Å². The average Bonchev–Trinajstić information content (AvgIpc) is 3.16. The van der Waals surface area contributed by atoms with Gasteiger partial charge >= 0.3 is 6.18 Å². The summed E-state index contributed by atoms with van der Waals surface area (Å²) in [6, 6.07) is 4.55. The van der Waals surface area contributed by atoms with E-state index in [-0.39, 0.29) is 18.2 Å². The number of nitrogens with zero attached hydrogens (tertiary/aromatic N) is 3. The van der Waals surface area contributed by atoms with Crippen molar-refractivity contribution in [2.45, 2.75) is 25.6 Å². The number of anilines is 1. The highest BCUT2D eigenvalue weighted by atomic mass is 35.5. The van der Waals surface area contributed by atoms with Gasteiger partial charge in [0.2, 0.25) is 0 Å². The normalized spacial score (nSPS) is 17.8. The van der Waals surface area contributed by atoms with Crippen LogP contribution in [-0.4, -0.2) is 33.6 Å². The molecular formula is C17H18ClF3N6O. The second kappa shape index (κ2) is 7.36. The highest BCUT2D eigenvalue weighted by molar-refractivity contribution is 6.34. The molecule has 1 aromatic heterocycles. The number of carbonyl (C=O) groups is 1. The Balaban J connectivity index is 1.89. The van der Waals surface area contributed by atoms with Gasteiger partial charge in [-0.3, -0.25) is 14.9 Å². The lowest BCUT2D eigenvalue weighted by Crippen LogP contribution is -2.48. The molecule has 1 aliphatic heterocycles. The molecule has 2 aromatic rings. The summed E-state index contributed by atoms with van der Waals surface area (Å²) < 4.78 is 39.3.